The van der Waals surface area contributed by atoms with E-state index in [0.29, 0.717) is 6.42 Å². The maximum atomic E-state index is 12.1. The van der Waals surface area contributed by atoms with E-state index in [9.17, 15) is 9.90 Å². The minimum Gasteiger partial charge on any atom is -0.383 e. The Morgan fingerprint density at radius 2 is 1.65 bits per heavy atom. The molecule has 20 heavy (non-hydrogen) atoms. The molecule has 1 unspecified atom stereocenters. The highest BCUT2D eigenvalue weighted by atomic mass is 16.3. The highest BCUT2D eigenvalue weighted by molar-refractivity contribution is 5.86. The molecule has 0 aliphatic heterocycles. The molecule has 0 aromatic heterocycles. The predicted molar refractivity (Wildman–Crippen MR) is 83.6 cm³/mol. The van der Waals surface area contributed by atoms with Crippen LogP contribution in [0.2, 0.25) is 0 Å². The first kappa shape index (κ1) is 16.9. The Bertz CT molecular complexity index is 421. The van der Waals surface area contributed by atoms with Gasteiger partial charge >= 0.3 is 0 Å². The second kappa shape index (κ2) is 6.53. The molecule has 0 fully saturated rings. The summed E-state index contributed by atoms with van der Waals surface area (Å²) < 4.78 is 0. The Morgan fingerprint density at radius 1 is 1.10 bits per heavy atom. The highest BCUT2D eigenvalue weighted by Gasteiger charge is 2.32. The van der Waals surface area contributed by atoms with Gasteiger partial charge in [0.2, 0.25) is 0 Å². The van der Waals surface area contributed by atoms with Crippen molar-refractivity contribution in [2.75, 3.05) is 0 Å². The summed E-state index contributed by atoms with van der Waals surface area (Å²) in [5, 5.41) is 9.84. The Balaban J connectivity index is 2.69. The SMILES string of the molecule is CC(C)(O)C(=O)CC(CCc1ccccc1)C(C)(C)C. The van der Waals surface area contributed by atoms with Crippen LogP contribution in [0.1, 0.15) is 53.0 Å². The van der Waals surface area contributed by atoms with Crippen LogP contribution in [0, 0.1) is 11.3 Å². The molecule has 2 heteroatoms. The first-order valence-electron chi connectivity index (χ1n) is 7.40. The van der Waals surface area contributed by atoms with Crippen molar-refractivity contribution < 1.29 is 9.90 Å². The minimum atomic E-state index is -1.23. The molecule has 0 bridgehead atoms. The lowest BCUT2D eigenvalue weighted by Gasteiger charge is -2.32. The van der Waals surface area contributed by atoms with Gasteiger partial charge in [-0.3, -0.25) is 4.79 Å². The number of carbonyl (C=O) groups excluding carboxylic acids is 1. The Hall–Kier alpha value is -1.15. The van der Waals surface area contributed by atoms with Gasteiger partial charge in [0.1, 0.15) is 5.60 Å². The van der Waals surface area contributed by atoms with Crippen molar-refractivity contribution in [3.8, 4) is 0 Å². The van der Waals surface area contributed by atoms with Gasteiger partial charge in [0.25, 0.3) is 0 Å². The van der Waals surface area contributed by atoms with Crippen molar-refractivity contribution in [2.45, 2.75) is 59.5 Å². The number of aliphatic hydroxyl groups is 1. The summed E-state index contributed by atoms with van der Waals surface area (Å²) in [6.45, 7) is 9.65. The summed E-state index contributed by atoms with van der Waals surface area (Å²) in [7, 11) is 0. The summed E-state index contributed by atoms with van der Waals surface area (Å²) in [6, 6.07) is 10.4. The van der Waals surface area contributed by atoms with Gasteiger partial charge in [0.05, 0.1) is 0 Å². The molecule has 0 aliphatic rings. The lowest BCUT2D eigenvalue weighted by atomic mass is 9.73. The van der Waals surface area contributed by atoms with E-state index in [1.807, 2.05) is 18.2 Å². The van der Waals surface area contributed by atoms with E-state index in [-0.39, 0.29) is 17.1 Å². The predicted octanol–water partition coefficient (Wildman–Crippen LogP) is 4.01. The molecule has 0 saturated carbocycles. The van der Waals surface area contributed by atoms with Gasteiger partial charge in [-0.05, 0) is 43.6 Å². The van der Waals surface area contributed by atoms with Gasteiger partial charge < -0.3 is 5.11 Å². The molecule has 112 valence electrons. The molecule has 1 atom stereocenters. The molecule has 1 aromatic rings. The maximum Gasteiger partial charge on any atom is 0.164 e. The fourth-order valence-electron chi connectivity index (χ4n) is 2.30. The normalized spacial score (nSPS) is 14.1. The number of rotatable bonds is 6. The molecule has 0 spiro atoms. The van der Waals surface area contributed by atoms with Gasteiger partial charge in [-0.2, -0.15) is 0 Å². The molecule has 0 radical (unpaired) electrons. The fraction of sp³-hybridized carbons (Fsp3) is 0.611. The zero-order valence-corrected chi connectivity index (χ0v) is 13.4. The fourth-order valence-corrected chi connectivity index (χ4v) is 2.30. The average molecular weight is 276 g/mol. The van der Waals surface area contributed by atoms with Crippen molar-refractivity contribution in [1.29, 1.82) is 0 Å². The van der Waals surface area contributed by atoms with Crippen molar-refractivity contribution in [3.05, 3.63) is 35.9 Å². The van der Waals surface area contributed by atoms with Crippen molar-refractivity contribution >= 4 is 5.78 Å². The molecule has 0 saturated heterocycles. The quantitative estimate of drug-likeness (QED) is 0.852. The van der Waals surface area contributed by atoms with Crippen LogP contribution >= 0.6 is 0 Å². The van der Waals surface area contributed by atoms with Crippen LogP contribution in [0.15, 0.2) is 30.3 Å². The summed E-state index contributed by atoms with van der Waals surface area (Å²) >= 11 is 0. The molecular weight excluding hydrogens is 248 g/mol. The minimum absolute atomic E-state index is 0.0644. The molecule has 0 heterocycles. The lowest BCUT2D eigenvalue weighted by molar-refractivity contribution is -0.136. The Labute approximate surface area is 123 Å². The first-order valence-corrected chi connectivity index (χ1v) is 7.40. The number of carbonyl (C=O) groups is 1. The molecule has 1 rings (SSSR count). The second-order valence-corrected chi connectivity index (χ2v) is 7.27. The third-order valence-corrected chi connectivity index (χ3v) is 3.96. The molecule has 0 amide bonds. The smallest absolute Gasteiger partial charge is 0.164 e. The van der Waals surface area contributed by atoms with Crippen LogP contribution in [0.25, 0.3) is 0 Å². The van der Waals surface area contributed by atoms with Gasteiger partial charge in [-0.1, -0.05) is 51.1 Å². The summed E-state index contributed by atoms with van der Waals surface area (Å²) in [4.78, 5) is 12.1. The number of Topliss-reactive ketones (excluding diaryl/α,β-unsaturated/α-hetero) is 1. The number of hydrogen-bond donors (Lipinski definition) is 1. The van der Waals surface area contributed by atoms with E-state index in [0.717, 1.165) is 12.8 Å². The van der Waals surface area contributed by atoms with Gasteiger partial charge in [-0.15, -0.1) is 0 Å². The molecule has 0 aliphatic carbocycles. The zero-order valence-electron chi connectivity index (χ0n) is 13.4. The number of benzene rings is 1. The van der Waals surface area contributed by atoms with E-state index >= 15 is 0 Å². The van der Waals surface area contributed by atoms with Crippen LogP contribution in [-0.4, -0.2) is 16.5 Å². The van der Waals surface area contributed by atoms with Crippen molar-refractivity contribution in [1.82, 2.24) is 0 Å². The van der Waals surface area contributed by atoms with Crippen LogP contribution in [-0.2, 0) is 11.2 Å². The standard InChI is InChI=1S/C18H28O2/c1-17(2,3)15(13-16(19)18(4,5)20)12-11-14-9-7-6-8-10-14/h6-10,15,20H,11-13H2,1-5H3. The lowest BCUT2D eigenvalue weighted by Crippen LogP contribution is -2.35. The van der Waals surface area contributed by atoms with E-state index in [4.69, 9.17) is 0 Å². The van der Waals surface area contributed by atoms with Gasteiger partial charge in [0.15, 0.2) is 5.78 Å². The summed E-state index contributed by atoms with van der Waals surface area (Å²) in [5.74, 6) is 0.215. The van der Waals surface area contributed by atoms with Crippen molar-refractivity contribution in [2.24, 2.45) is 11.3 Å². The van der Waals surface area contributed by atoms with Crippen LogP contribution < -0.4 is 0 Å². The van der Waals surface area contributed by atoms with E-state index in [1.165, 1.54) is 5.56 Å². The number of aryl methyl sites for hydroxylation is 1. The topological polar surface area (TPSA) is 37.3 Å². The van der Waals surface area contributed by atoms with Gasteiger partial charge in [0, 0.05) is 6.42 Å². The van der Waals surface area contributed by atoms with Crippen molar-refractivity contribution in [3.63, 3.8) is 0 Å². The molecule has 1 N–H and O–H groups in total. The third kappa shape index (κ3) is 5.46. The monoisotopic (exact) mass is 276 g/mol. The van der Waals surface area contributed by atoms with Gasteiger partial charge in [-0.25, -0.2) is 0 Å². The van der Waals surface area contributed by atoms with E-state index in [1.54, 1.807) is 13.8 Å². The maximum absolute atomic E-state index is 12.1. The summed E-state index contributed by atoms with van der Waals surface area (Å²) in [6.07, 6.45) is 2.39. The number of ketones is 1. The molecule has 1 aromatic carbocycles. The third-order valence-electron chi connectivity index (χ3n) is 3.96. The largest absolute Gasteiger partial charge is 0.383 e. The second-order valence-electron chi connectivity index (χ2n) is 7.27. The van der Waals surface area contributed by atoms with Crippen LogP contribution in [0.4, 0.5) is 0 Å². The van der Waals surface area contributed by atoms with Crippen LogP contribution in [0.5, 0.6) is 0 Å². The molecule has 2 nitrogen and oxygen atoms in total. The first-order chi connectivity index (χ1) is 9.10. The van der Waals surface area contributed by atoms with E-state index < -0.39 is 5.60 Å². The zero-order chi connectivity index (χ0) is 15.4. The average Bonchev–Trinajstić information content (AvgIpc) is 2.32. The van der Waals surface area contributed by atoms with E-state index in [2.05, 4.69) is 32.9 Å². The summed E-state index contributed by atoms with van der Waals surface area (Å²) in [5.41, 5.74) is 0.142. The highest BCUT2D eigenvalue weighted by Crippen LogP contribution is 2.33. The van der Waals surface area contributed by atoms with Crippen LogP contribution in [0.3, 0.4) is 0 Å². The molecular formula is C18H28O2. The Kier molecular flexibility index (Phi) is 5.52. The Morgan fingerprint density at radius 3 is 2.10 bits per heavy atom. The number of hydrogen-bond acceptors (Lipinski definition) is 2.